The van der Waals surface area contributed by atoms with Gasteiger partial charge in [-0.3, -0.25) is 0 Å². The zero-order valence-electron chi connectivity index (χ0n) is 14.4. The van der Waals surface area contributed by atoms with Crippen molar-refractivity contribution in [2.45, 2.75) is 25.7 Å². The minimum Gasteiger partial charge on any atom is -0.363 e. The summed E-state index contributed by atoms with van der Waals surface area (Å²) in [5.74, 6) is 1.49. The molecule has 3 N–H and O–H groups in total. The topological polar surface area (TPSA) is 96.3 Å². The number of aromatic amines is 1. The van der Waals surface area contributed by atoms with E-state index in [4.69, 9.17) is 0 Å². The number of aryl methyl sites for hydroxylation is 1. The molecule has 1 aliphatic carbocycles. The van der Waals surface area contributed by atoms with Gasteiger partial charge in [0, 0.05) is 6.20 Å². The second kappa shape index (κ2) is 6.35. The lowest BCUT2D eigenvalue weighted by Gasteiger charge is -2.16. The zero-order chi connectivity index (χ0) is 18.2. The van der Waals surface area contributed by atoms with Gasteiger partial charge in [0.2, 0.25) is 5.95 Å². The van der Waals surface area contributed by atoms with E-state index in [1.807, 2.05) is 12.3 Å². The van der Waals surface area contributed by atoms with Gasteiger partial charge in [-0.15, -0.1) is 5.10 Å². The number of aromatic nitrogens is 6. The number of anilines is 3. The zero-order valence-corrected chi connectivity index (χ0v) is 14.4. The molecule has 1 aromatic carbocycles. The van der Waals surface area contributed by atoms with Crippen molar-refractivity contribution in [1.29, 1.82) is 0 Å². The lowest BCUT2D eigenvalue weighted by molar-refractivity contribution is 0.343. The number of alkyl halides is 1. The Kier molecular flexibility index (Phi) is 3.70. The first kappa shape index (κ1) is 15.7. The van der Waals surface area contributed by atoms with E-state index in [2.05, 4.69) is 60.2 Å². The Morgan fingerprint density at radius 2 is 2.15 bits per heavy atom. The quantitative estimate of drug-likeness (QED) is 0.503. The van der Waals surface area contributed by atoms with Crippen LogP contribution in [0, 0.1) is 0 Å². The summed E-state index contributed by atoms with van der Waals surface area (Å²) in [6, 6.07) is 10.6. The van der Waals surface area contributed by atoms with Gasteiger partial charge in [0.05, 0.1) is 17.6 Å². The maximum atomic E-state index is 12.6. The van der Waals surface area contributed by atoms with Crippen LogP contribution in [0.15, 0.2) is 42.7 Å². The molecule has 4 aromatic rings. The highest BCUT2D eigenvalue weighted by molar-refractivity contribution is 5.88. The second-order valence-corrected chi connectivity index (χ2v) is 6.46. The van der Waals surface area contributed by atoms with Crippen molar-refractivity contribution < 1.29 is 4.39 Å². The van der Waals surface area contributed by atoms with Crippen molar-refractivity contribution in [3.05, 3.63) is 53.9 Å². The van der Waals surface area contributed by atoms with Gasteiger partial charge in [0.15, 0.2) is 12.6 Å². The largest absolute Gasteiger partial charge is 0.363 e. The first-order valence-corrected chi connectivity index (χ1v) is 8.73. The molecular weight excluding hydrogens is 347 g/mol. The highest BCUT2D eigenvalue weighted by atomic mass is 19.1. The molecule has 9 heteroatoms. The molecule has 0 saturated heterocycles. The molecule has 3 heterocycles. The van der Waals surface area contributed by atoms with Gasteiger partial charge >= 0.3 is 0 Å². The van der Waals surface area contributed by atoms with Crippen molar-refractivity contribution in [3.8, 4) is 0 Å². The van der Waals surface area contributed by atoms with Crippen molar-refractivity contribution in [3.63, 3.8) is 0 Å². The van der Waals surface area contributed by atoms with E-state index in [0.29, 0.717) is 17.4 Å². The molecular formula is C18H17FN8. The molecule has 1 aliphatic rings. The first-order valence-electron chi connectivity index (χ1n) is 8.73. The number of benzene rings is 1. The number of hydrogen-bond donors (Lipinski definition) is 3. The Morgan fingerprint density at radius 3 is 3.04 bits per heavy atom. The van der Waals surface area contributed by atoms with Gasteiger partial charge in [-0.05, 0) is 30.0 Å². The fourth-order valence-corrected chi connectivity index (χ4v) is 3.51. The summed E-state index contributed by atoms with van der Waals surface area (Å²) in [4.78, 5) is 12.2. The Hall–Kier alpha value is -3.49. The molecule has 0 radical (unpaired) electrons. The Morgan fingerprint density at radius 1 is 1.22 bits per heavy atom. The monoisotopic (exact) mass is 364 g/mol. The molecule has 5 rings (SSSR count). The SMILES string of the molecule is FCn1cc(Nc2nc(N[C@H]3CCc4ccccc43)c3cc[nH]c3n2)nn1. The molecule has 0 bridgehead atoms. The van der Waals surface area contributed by atoms with E-state index in [1.54, 1.807) is 0 Å². The minimum atomic E-state index is -0.737. The fraction of sp³-hybridized carbons (Fsp3) is 0.222. The van der Waals surface area contributed by atoms with Crippen LogP contribution in [0.5, 0.6) is 0 Å². The molecule has 0 unspecified atom stereocenters. The average molecular weight is 364 g/mol. The van der Waals surface area contributed by atoms with Gasteiger partial charge in [0.25, 0.3) is 0 Å². The lowest BCUT2D eigenvalue weighted by atomic mass is 10.1. The highest BCUT2D eigenvalue weighted by Crippen LogP contribution is 2.35. The van der Waals surface area contributed by atoms with Crippen LogP contribution in [-0.2, 0) is 13.2 Å². The van der Waals surface area contributed by atoms with Crippen LogP contribution >= 0.6 is 0 Å². The van der Waals surface area contributed by atoms with Crippen LogP contribution in [-0.4, -0.2) is 29.9 Å². The maximum absolute atomic E-state index is 12.6. The smallest absolute Gasteiger partial charge is 0.232 e. The Labute approximate surface area is 153 Å². The molecule has 136 valence electrons. The molecule has 0 amide bonds. The van der Waals surface area contributed by atoms with Crippen LogP contribution in [0.2, 0.25) is 0 Å². The number of hydrogen-bond acceptors (Lipinski definition) is 6. The maximum Gasteiger partial charge on any atom is 0.232 e. The van der Waals surface area contributed by atoms with Gasteiger partial charge in [-0.2, -0.15) is 9.97 Å². The first-order chi connectivity index (χ1) is 13.3. The molecule has 27 heavy (non-hydrogen) atoms. The highest BCUT2D eigenvalue weighted by Gasteiger charge is 2.23. The van der Waals surface area contributed by atoms with Crippen molar-refractivity contribution in [2.75, 3.05) is 10.6 Å². The normalized spacial score (nSPS) is 15.8. The number of nitrogens with one attached hydrogen (secondary N) is 3. The van der Waals surface area contributed by atoms with Crippen LogP contribution in [0.1, 0.15) is 23.6 Å². The lowest BCUT2D eigenvalue weighted by Crippen LogP contribution is -2.10. The third-order valence-electron chi connectivity index (χ3n) is 4.76. The Bertz CT molecular complexity index is 1100. The summed E-state index contributed by atoms with van der Waals surface area (Å²) in [5, 5.41) is 15.0. The van der Waals surface area contributed by atoms with Gasteiger partial charge in [-0.1, -0.05) is 29.5 Å². The summed E-state index contributed by atoms with van der Waals surface area (Å²) >= 11 is 0. The summed E-state index contributed by atoms with van der Waals surface area (Å²) in [6.07, 6.45) is 5.36. The number of rotatable bonds is 5. The van der Waals surface area contributed by atoms with Crippen molar-refractivity contribution in [2.24, 2.45) is 0 Å². The fourth-order valence-electron chi connectivity index (χ4n) is 3.51. The third-order valence-corrected chi connectivity index (χ3v) is 4.76. The minimum absolute atomic E-state index is 0.203. The number of halogens is 1. The number of fused-ring (bicyclic) bond motifs is 2. The summed E-state index contributed by atoms with van der Waals surface area (Å²) < 4.78 is 13.7. The van der Waals surface area contributed by atoms with Gasteiger partial charge in [0.1, 0.15) is 11.5 Å². The predicted octanol–water partition coefficient (Wildman–Crippen LogP) is 3.32. The van der Waals surface area contributed by atoms with Gasteiger partial charge < -0.3 is 15.6 Å². The average Bonchev–Trinajstić information content (AvgIpc) is 3.42. The molecule has 0 aliphatic heterocycles. The van der Waals surface area contributed by atoms with E-state index >= 15 is 0 Å². The van der Waals surface area contributed by atoms with Crippen molar-refractivity contribution >= 4 is 28.6 Å². The molecule has 8 nitrogen and oxygen atoms in total. The van der Waals surface area contributed by atoms with Crippen LogP contribution in [0.3, 0.4) is 0 Å². The standard InChI is InChI=1S/C18H17FN8/c19-10-27-9-15(25-26-27)22-18-23-16-13(7-8-20-16)17(24-18)21-14-6-5-11-3-1-2-4-12(11)14/h1-4,7-9,14H,5-6,10H2,(H3,20,21,22,23,24)/t14-/m0/s1. The summed E-state index contributed by atoms with van der Waals surface area (Å²) in [7, 11) is 0. The molecule has 3 aromatic heterocycles. The van der Waals surface area contributed by atoms with Crippen LogP contribution in [0.4, 0.5) is 22.0 Å². The molecule has 1 atom stereocenters. The van der Waals surface area contributed by atoms with Crippen LogP contribution in [0.25, 0.3) is 11.0 Å². The van der Waals surface area contributed by atoms with E-state index in [1.165, 1.54) is 17.3 Å². The van der Waals surface area contributed by atoms with E-state index < -0.39 is 6.80 Å². The van der Waals surface area contributed by atoms with Crippen LogP contribution < -0.4 is 10.6 Å². The van der Waals surface area contributed by atoms with E-state index in [9.17, 15) is 4.39 Å². The van der Waals surface area contributed by atoms with Gasteiger partial charge in [-0.25, -0.2) is 9.07 Å². The van der Waals surface area contributed by atoms with Crippen molar-refractivity contribution in [1.82, 2.24) is 29.9 Å². The number of nitrogens with zero attached hydrogens (tertiary/aromatic N) is 5. The molecule has 0 saturated carbocycles. The molecule has 0 fully saturated rings. The second-order valence-electron chi connectivity index (χ2n) is 6.46. The molecule has 0 spiro atoms. The third kappa shape index (κ3) is 2.86. The predicted molar refractivity (Wildman–Crippen MR) is 99.4 cm³/mol. The summed E-state index contributed by atoms with van der Waals surface area (Å²) in [5.41, 5.74) is 3.38. The number of H-pyrrole nitrogens is 1. The summed E-state index contributed by atoms with van der Waals surface area (Å²) in [6.45, 7) is -0.737. The Balaban J connectivity index is 1.47. The van der Waals surface area contributed by atoms with E-state index in [-0.39, 0.29) is 6.04 Å². The van der Waals surface area contributed by atoms with E-state index in [0.717, 1.165) is 28.7 Å².